The number of nitrogens with one attached hydrogen (secondary N) is 2. The highest BCUT2D eigenvalue weighted by atomic mass is 32.2. The molecule has 0 aromatic carbocycles. The number of hydrogen-bond donors (Lipinski definition) is 3. The second-order valence-electron chi connectivity index (χ2n) is 9.77. The van der Waals surface area contributed by atoms with E-state index in [1.165, 1.54) is 11.8 Å². The first-order valence-electron chi connectivity index (χ1n) is 13.5. The zero-order valence-corrected chi connectivity index (χ0v) is 25.2. The van der Waals surface area contributed by atoms with E-state index in [0.29, 0.717) is 6.29 Å². The molecule has 0 saturated carbocycles. The number of thioether (sulfide) groups is 1. The zero-order valence-electron chi connectivity index (χ0n) is 24.4. The highest BCUT2D eigenvalue weighted by Crippen LogP contribution is 2.17. The first-order chi connectivity index (χ1) is 19.3. The second-order valence-corrected chi connectivity index (χ2v) is 11.0. The van der Waals surface area contributed by atoms with Gasteiger partial charge < -0.3 is 35.5 Å². The van der Waals surface area contributed by atoms with Gasteiger partial charge in [-0.1, -0.05) is 0 Å². The van der Waals surface area contributed by atoms with Crippen molar-refractivity contribution in [2.24, 2.45) is 5.73 Å². The molecule has 4 atom stereocenters. The van der Waals surface area contributed by atoms with Gasteiger partial charge in [-0.15, -0.1) is 11.8 Å². The predicted octanol–water partition coefficient (Wildman–Crippen LogP) is -1.37. The molecule has 1 heterocycles. The number of likely N-dealkylation sites (N-methyl/N-ethyl adjacent to an activating group) is 1. The molecule has 0 aromatic heterocycles. The number of aldehydes is 1. The van der Waals surface area contributed by atoms with E-state index in [-0.39, 0.29) is 81.5 Å². The van der Waals surface area contributed by atoms with Crippen LogP contribution in [-0.2, 0) is 43.0 Å². The monoisotopic (exact) mass is 601 g/mol. The fourth-order valence-electron chi connectivity index (χ4n) is 3.56. The molecule has 1 aliphatic rings. The minimum Gasteiger partial charge on any atom is -0.368 e. The van der Waals surface area contributed by atoms with Crippen molar-refractivity contribution < 1.29 is 43.0 Å². The highest BCUT2D eigenvalue weighted by Gasteiger charge is 2.38. The van der Waals surface area contributed by atoms with Crippen molar-refractivity contribution in [2.45, 2.75) is 76.5 Å². The summed E-state index contributed by atoms with van der Waals surface area (Å²) >= 11 is 1.06. The van der Waals surface area contributed by atoms with Crippen molar-refractivity contribution in [1.82, 2.24) is 20.4 Å². The molecule has 5 amide bonds. The average molecular weight is 602 g/mol. The van der Waals surface area contributed by atoms with E-state index in [0.717, 1.165) is 16.7 Å². The van der Waals surface area contributed by atoms with E-state index < -0.39 is 41.2 Å². The molecule has 41 heavy (non-hydrogen) atoms. The zero-order chi connectivity index (χ0) is 31.1. The highest BCUT2D eigenvalue weighted by molar-refractivity contribution is 8.00. The maximum absolute atomic E-state index is 12.8. The molecular weight excluding hydrogens is 558 g/mol. The third kappa shape index (κ3) is 12.7. The maximum atomic E-state index is 12.8. The lowest BCUT2D eigenvalue weighted by Gasteiger charge is -2.23. The van der Waals surface area contributed by atoms with E-state index in [1.807, 2.05) is 13.8 Å². The van der Waals surface area contributed by atoms with Crippen molar-refractivity contribution in [2.75, 3.05) is 45.6 Å². The molecule has 15 heteroatoms. The summed E-state index contributed by atoms with van der Waals surface area (Å²) in [5, 5.41) is 4.37. The Balaban J connectivity index is 2.55. The molecule has 232 valence electrons. The Bertz CT molecular complexity index is 948. The molecule has 1 fully saturated rings. The maximum Gasteiger partial charge on any atom is 0.258 e. The molecule has 1 saturated heterocycles. The van der Waals surface area contributed by atoms with E-state index >= 15 is 0 Å². The fourth-order valence-corrected chi connectivity index (χ4v) is 4.74. The van der Waals surface area contributed by atoms with Gasteiger partial charge in [0.1, 0.15) is 24.3 Å². The minimum atomic E-state index is -0.951. The van der Waals surface area contributed by atoms with Crippen LogP contribution < -0.4 is 16.4 Å². The molecule has 4 unspecified atom stereocenters. The Morgan fingerprint density at radius 3 is 2.37 bits per heavy atom. The van der Waals surface area contributed by atoms with Crippen LogP contribution in [0.3, 0.4) is 0 Å². The minimum absolute atomic E-state index is 0.0196. The quantitative estimate of drug-likeness (QED) is 0.0847. The largest absolute Gasteiger partial charge is 0.368 e. The van der Waals surface area contributed by atoms with Crippen LogP contribution in [0.2, 0.25) is 0 Å². The Labute approximate surface area is 244 Å². The van der Waals surface area contributed by atoms with Gasteiger partial charge in [-0.25, -0.2) is 0 Å². The molecule has 0 bridgehead atoms. The number of Topliss-reactive ketones (excluding diaryl/α,β-unsaturated/α-hetero) is 1. The van der Waals surface area contributed by atoms with Crippen LogP contribution in [0.25, 0.3) is 0 Å². The summed E-state index contributed by atoms with van der Waals surface area (Å²) in [6.45, 7) is 7.01. The number of likely N-dealkylation sites (tertiary alicyclic amines) is 1. The summed E-state index contributed by atoms with van der Waals surface area (Å²) in [7, 11) is 1.63. The number of nitrogens with two attached hydrogens (primary N) is 1. The first-order valence-corrected chi connectivity index (χ1v) is 14.6. The van der Waals surface area contributed by atoms with Gasteiger partial charge in [-0.2, -0.15) is 0 Å². The van der Waals surface area contributed by atoms with Crippen LogP contribution in [0.5, 0.6) is 0 Å². The number of rotatable bonds is 20. The van der Waals surface area contributed by atoms with Crippen LogP contribution >= 0.6 is 11.8 Å². The Hall–Kier alpha value is -2.88. The summed E-state index contributed by atoms with van der Waals surface area (Å²) in [5.74, 6) is -2.06. The van der Waals surface area contributed by atoms with Crippen LogP contribution in [0, 0.1) is 0 Å². The number of carbonyl (C=O) groups is 7. The summed E-state index contributed by atoms with van der Waals surface area (Å²) in [6.07, 6.45) is -1.70. The van der Waals surface area contributed by atoms with Gasteiger partial charge in [0, 0.05) is 44.9 Å². The molecule has 1 aliphatic heterocycles. The van der Waals surface area contributed by atoms with Crippen molar-refractivity contribution in [3.63, 3.8) is 0 Å². The van der Waals surface area contributed by atoms with E-state index in [9.17, 15) is 33.6 Å². The molecule has 0 spiro atoms. The summed E-state index contributed by atoms with van der Waals surface area (Å²) in [6, 6.07) is -0.830. The van der Waals surface area contributed by atoms with Crippen LogP contribution in [0.4, 0.5) is 0 Å². The standard InChI is InChI=1S/C26H43N5O9S/c1-6-31-24(36)12-20(26(31)38)40-10-8-29-25(37)21(41-15-19(27)17(4)33)13-22(34)28-7-9-39-18(14-32)11-23(35)30(5)16(2)3/h14,16,18-21H,6-13,15,27H2,1-5H3,(H,28,34)(H,29,37). The van der Waals surface area contributed by atoms with Gasteiger partial charge in [0.25, 0.3) is 5.91 Å². The number of nitrogens with zero attached hydrogens (tertiary/aromatic N) is 2. The molecule has 1 rings (SSSR count). The summed E-state index contributed by atoms with van der Waals surface area (Å²) < 4.78 is 10.9. The number of imide groups is 1. The third-order valence-electron chi connectivity index (χ3n) is 6.35. The van der Waals surface area contributed by atoms with Gasteiger partial charge in [-0.3, -0.25) is 33.7 Å². The number of carbonyl (C=O) groups excluding carboxylic acids is 7. The number of ketones is 1. The predicted molar refractivity (Wildman–Crippen MR) is 151 cm³/mol. The first kappa shape index (κ1) is 36.1. The second kappa shape index (κ2) is 18.5. The van der Waals surface area contributed by atoms with Crippen molar-refractivity contribution in [3.05, 3.63) is 0 Å². The smallest absolute Gasteiger partial charge is 0.258 e. The lowest BCUT2D eigenvalue weighted by Crippen LogP contribution is -2.41. The number of amides is 5. The molecule has 14 nitrogen and oxygen atoms in total. The third-order valence-corrected chi connectivity index (χ3v) is 7.69. The van der Waals surface area contributed by atoms with Gasteiger partial charge in [-0.05, 0) is 27.7 Å². The Morgan fingerprint density at radius 1 is 1.15 bits per heavy atom. The van der Waals surface area contributed by atoms with Crippen molar-refractivity contribution in [3.8, 4) is 0 Å². The van der Waals surface area contributed by atoms with Crippen LogP contribution in [-0.4, -0.2) is 127 Å². The molecular formula is C26H43N5O9S. The van der Waals surface area contributed by atoms with Gasteiger partial charge in [0.2, 0.25) is 23.6 Å². The van der Waals surface area contributed by atoms with Gasteiger partial charge in [0.15, 0.2) is 0 Å². The number of hydrogen-bond acceptors (Lipinski definition) is 11. The van der Waals surface area contributed by atoms with Gasteiger partial charge >= 0.3 is 0 Å². The average Bonchev–Trinajstić information content (AvgIpc) is 3.20. The SMILES string of the molecule is CCN1C(=O)CC(OCCNC(=O)C(CC(=O)NCCOC(C=O)CC(=O)N(C)C(C)C)SCC(N)C(C)=O)C1=O. The van der Waals surface area contributed by atoms with E-state index in [2.05, 4.69) is 10.6 Å². The fraction of sp³-hybridized carbons (Fsp3) is 0.731. The van der Waals surface area contributed by atoms with Gasteiger partial charge in [0.05, 0.1) is 37.3 Å². The number of ether oxygens (including phenoxy) is 2. The summed E-state index contributed by atoms with van der Waals surface area (Å²) in [4.78, 5) is 86.9. The Kier molecular flexibility index (Phi) is 16.3. The Morgan fingerprint density at radius 2 is 1.80 bits per heavy atom. The lowest BCUT2D eigenvalue weighted by molar-refractivity contribution is -0.141. The van der Waals surface area contributed by atoms with Crippen LogP contribution in [0.15, 0.2) is 0 Å². The normalized spacial score (nSPS) is 17.2. The van der Waals surface area contributed by atoms with Crippen molar-refractivity contribution >= 4 is 53.4 Å². The molecule has 0 aliphatic carbocycles. The lowest BCUT2D eigenvalue weighted by atomic mass is 10.2. The van der Waals surface area contributed by atoms with E-state index in [4.69, 9.17) is 15.2 Å². The van der Waals surface area contributed by atoms with E-state index in [1.54, 1.807) is 14.0 Å². The molecule has 4 N–H and O–H groups in total. The molecule has 0 radical (unpaired) electrons. The topological polar surface area (TPSA) is 195 Å². The summed E-state index contributed by atoms with van der Waals surface area (Å²) in [5.41, 5.74) is 5.79. The van der Waals surface area contributed by atoms with Crippen molar-refractivity contribution in [1.29, 1.82) is 0 Å². The van der Waals surface area contributed by atoms with Crippen LogP contribution in [0.1, 0.15) is 47.0 Å². The molecule has 0 aromatic rings.